The van der Waals surface area contributed by atoms with Gasteiger partial charge in [-0.15, -0.1) is 0 Å². The molecular formula is C71H49N. The van der Waals surface area contributed by atoms with Gasteiger partial charge in [0.1, 0.15) is 0 Å². The van der Waals surface area contributed by atoms with E-state index in [2.05, 4.69) is 302 Å². The van der Waals surface area contributed by atoms with E-state index in [1.165, 1.54) is 94.2 Å². The molecule has 12 aromatic carbocycles. The molecule has 0 bridgehead atoms. The van der Waals surface area contributed by atoms with Crippen LogP contribution in [0.1, 0.15) is 22.3 Å². The maximum absolute atomic E-state index is 2.46. The number of benzene rings is 12. The molecule has 0 unspecified atom stereocenters. The second kappa shape index (κ2) is 18.2. The molecule has 72 heavy (non-hydrogen) atoms. The van der Waals surface area contributed by atoms with Crippen LogP contribution in [0.4, 0.5) is 17.1 Å². The van der Waals surface area contributed by atoms with Gasteiger partial charge < -0.3 is 4.90 Å². The van der Waals surface area contributed by atoms with Gasteiger partial charge in [0.25, 0.3) is 0 Å². The predicted molar refractivity (Wildman–Crippen MR) is 303 cm³/mol. The Morgan fingerprint density at radius 2 is 0.625 bits per heavy atom. The molecule has 0 fully saturated rings. The highest BCUT2D eigenvalue weighted by Gasteiger charge is 2.46. The van der Waals surface area contributed by atoms with E-state index in [0.29, 0.717) is 0 Å². The number of hydrogen-bond acceptors (Lipinski definition) is 1. The van der Waals surface area contributed by atoms with Crippen LogP contribution in [-0.4, -0.2) is 0 Å². The number of rotatable bonds is 10. The Hall–Kier alpha value is -9.30. The average molecular weight is 916 g/mol. The molecule has 0 radical (unpaired) electrons. The van der Waals surface area contributed by atoms with Crippen molar-refractivity contribution in [1.29, 1.82) is 0 Å². The summed E-state index contributed by atoms with van der Waals surface area (Å²) in [6, 6.07) is 109. The summed E-state index contributed by atoms with van der Waals surface area (Å²) in [6.07, 6.45) is 0. The summed E-state index contributed by atoms with van der Waals surface area (Å²) in [6.45, 7) is 0. The van der Waals surface area contributed by atoms with Crippen LogP contribution in [0.5, 0.6) is 0 Å². The third-order valence-electron chi connectivity index (χ3n) is 14.7. The number of anilines is 3. The SMILES string of the molecule is c1ccc(-c2cc(-c3ccccc3)cc(-c3ccc(N(c4ccc(-c5cccc(-c6cccc7ccccc67)c5)cc4)c4ccc5c(c4)C(c4ccccc4)(c4ccccc4)c4ccccc4-5)cc3)c2)cc1. The van der Waals surface area contributed by atoms with Gasteiger partial charge >= 0.3 is 0 Å². The predicted octanol–water partition coefficient (Wildman–Crippen LogP) is 19.0. The minimum atomic E-state index is -0.529. The van der Waals surface area contributed by atoms with Crippen molar-refractivity contribution in [2.45, 2.75) is 5.41 Å². The lowest BCUT2D eigenvalue weighted by Crippen LogP contribution is -2.28. The second-order valence-corrected chi connectivity index (χ2v) is 18.8. The molecule has 13 rings (SSSR count). The van der Waals surface area contributed by atoms with Crippen molar-refractivity contribution in [3.8, 4) is 66.8 Å². The largest absolute Gasteiger partial charge is 0.310 e. The highest BCUT2D eigenvalue weighted by Crippen LogP contribution is 2.57. The maximum Gasteiger partial charge on any atom is 0.0714 e. The minimum absolute atomic E-state index is 0.529. The first kappa shape index (κ1) is 42.8. The molecule has 0 aliphatic heterocycles. The first-order chi connectivity index (χ1) is 35.7. The molecule has 0 saturated carbocycles. The number of nitrogens with zero attached hydrogens (tertiary/aromatic N) is 1. The van der Waals surface area contributed by atoms with E-state index in [-0.39, 0.29) is 0 Å². The van der Waals surface area contributed by atoms with Crippen LogP contribution in [0.15, 0.2) is 297 Å². The normalized spacial score (nSPS) is 12.3. The summed E-state index contributed by atoms with van der Waals surface area (Å²) in [7, 11) is 0. The van der Waals surface area contributed by atoms with Crippen LogP contribution in [0.25, 0.3) is 77.5 Å². The summed E-state index contributed by atoms with van der Waals surface area (Å²) < 4.78 is 0. The van der Waals surface area contributed by atoms with Gasteiger partial charge in [-0.05, 0) is 160 Å². The molecule has 1 aliphatic carbocycles. The van der Waals surface area contributed by atoms with Crippen LogP contribution in [0.3, 0.4) is 0 Å². The van der Waals surface area contributed by atoms with E-state index in [9.17, 15) is 0 Å². The Labute approximate surface area is 422 Å². The Balaban J connectivity index is 0.959. The van der Waals surface area contributed by atoms with Crippen LogP contribution in [-0.2, 0) is 5.41 Å². The van der Waals surface area contributed by atoms with Gasteiger partial charge in [-0.1, -0.05) is 237 Å². The van der Waals surface area contributed by atoms with Crippen LogP contribution in [0.2, 0.25) is 0 Å². The molecular weight excluding hydrogens is 867 g/mol. The topological polar surface area (TPSA) is 3.24 Å². The molecule has 0 heterocycles. The highest BCUT2D eigenvalue weighted by molar-refractivity contribution is 5.97. The Morgan fingerprint density at radius 1 is 0.222 bits per heavy atom. The summed E-state index contributed by atoms with van der Waals surface area (Å²) >= 11 is 0. The average Bonchev–Trinajstić information content (AvgIpc) is 3.76. The molecule has 1 heteroatoms. The van der Waals surface area contributed by atoms with Crippen molar-refractivity contribution < 1.29 is 0 Å². The lowest BCUT2D eigenvalue weighted by Gasteiger charge is -2.35. The van der Waals surface area contributed by atoms with Crippen LogP contribution in [0, 0.1) is 0 Å². The van der Waals surface area contributed by atoms with Crippen LogP contribution < -0.4 is 4.90 Å². The van der Waals surface area contributed by atoms with E-state index in [0.717, 1.165) is 22.6 Å². The zero-order valence-electron chi connectivity index (χ0n) is 39.7. The van der Waals surface area contributed by atoms with Gasteiger partial charge in [-0.3, -0.25) is 0 Å². The van der Waals surface area contributed by atoms with Crippen molar-refractivity contribution in [2.75, 3.05) is 4.90 Å². The lowest BCUT2D eigenvalue weighted by atomic mass is 9.67. The first-order valence-corrected chi connectivity index (χ1v) is 24.9. The number of fused-ring (bicyclic) bond motifs is 4. The molecule has 338 valence electrons. The molecule has 0 amide bonds. The van der Waals surface area contributed by atoms with E-state index >= 15 is 0 Å². The van der Waals surface area contributed by atoms with Gasteiger partial charge in [-0.2, -0.15) is 0 Å². The van der Waals surface area contributed by atoms with Crippen LogP contribution >= 0.6 is 0 Å². The van der Waals surface area contributed by atoms with Crippen molar-refractivity contribution in [3.05, 3.63) is 320 Å². The highest BCUT2D eigenvalue weighted by atomic mass is 15.1. The third-order valence-corrected chi connectivity index (χ3v) is 14.7. The fourth-order valence-corrected chi connectivity index (χ4v) is 11.4. The minimum Gasteiger partial charge on any atom is -0.310 e. The molecule has 0 aromatic heterocycles. The monoisotopic (exact) mass is 915 g/mol. The fourth-order valence-electron chi connectivity index (χ4n) is 11.4. The van der Waals surface area contributed by atoms with E-state index in [1.54, 1.807) is 0 Å². The van der Waals surface area contributed by atoms with E-state index < -0.39 is 5.41 Å². The lowest BCUT2D eigenvalue weighted by molar-refractivity contribution is 0.768. The number of hydrogen-bond donors (Lipinski definition) is 0. The van der Waals surface area contributed by atoms with Gasteiger partial charge in [0.2, 0.25) is 0 Å². The third kappa shape index (κ3) is 7.51. The zero-order chi connectivity index (χ0) is 47.8. The van der Waals surface area contributed by atoms with Gasteiger partial charge in [0.15, 0.2) is 0 Å². The Bertz CT molecular complexity index is 3780. The maximum atomic E-state index is 2.46. The molecule has 0 spiro atoms. The Kier molecular flexibility index (Phi) is 10.8. The van der Waals surface area contributed by atoms with Crippen molar-refractivity contribution in [1.82, 2.24) is 0 Å². The van der Waals surface area contributed by atoms with Crippen molar-refractivity contribution in [3.63, 3.8) is 0 Å². The quantitative estimate of drug-likeness (QED) is 0.132. The standard InChI is InChI=1S/C71H49N/c1-5-19-50(20-6-1)57-46-58(51-21-7-2-8-22-51)48-59(47-57)53-37-41-63(42-38-53)72(62-39-35-52(36-40-62)55-25-17-26-56(45-55)66-33-18-24-54-23-13-14-31-65(54)66)64-43-44-68-67-32-15-16-34-69(67)71(70(68)49-64,60-27-9-3-10-28-60)61-29-11-4-12-30-61/h1-49H. The molecule has 1 nitrogen and oxygen atoms in total. The summed E-state index contributed by atoms with van der Waals surface area (Å²) in [5.74, 6) is 0. The van der Waals surface area contributed by atoms with E-state index in [4.69, 9.17) is 0 Å². The molecule has 0 N–H and O–H groups in total. The molecule has 1 aliphatic rings. The van der Waals surface area contributed by atoms with Gasteiger partial charge in [0, 0.05) is 17.1 Å². The summed E-state index contributed by atoms with van der Waals surface area (Å²) in [4.78, 5) is 2.43. The summed E-state index contributed by atoms with van der Waals surface area (Å²) in [5.41, 5.74) is 22.2. The molecule has 0 atom stereocenters. The van der Waals surface area contributed by atoms with Crippen molar-refractivity contribution in [2.24, 2.45) is 0 Å². The van der Waals surface area contributed by atoms with Gasteiger partial charge in [0.05, 0.1) is 5.41 Å². The summed E-state index contributed by atoms with van der Waals surface area (Å²) in [5, 5.41) is 2.51. The van der Waals surface area contributed by atoms with Gasteiger partial charge in [-0.25, -0.2) is 0 Å². The van der Waals surface area contributed by atoms with E-state index in [1.807, 2.05) is 0 Å². The molecule has 0 saturated heterocycles. The molecule has 12 aromatic rings. The van der Waals surface area contributed by atoms with Crippen molar-refractivity contribution >= 4 is 27.8 Å². The Morgan fingerprint density at radius 3 is 1.24 bits per heavy atom. The first-order valence-electron chi connectivity index (χ1n) is 24.9. The fraction of sp³-hybridized carbons (Fsp3) is 0.0141. The smallest absolute Gasteiger partial charge is 0.0714 e. The second-order valence-electron chi connectivity index (χ2n) is 18.8. The zero-order valence-corrected chi connectivity index (χ0v) is 39.7.